The minimum Gasteiger partial charge on any atom is -0.434 e. The van der Waals surface area contributed by atoms with Crippen LogP contribution < -0.4 is 4.74 Å². The lowest BCUT2D eigenvalue weighted by Crippen LogP contribution is -2.05. The number of hydrogen-bond acceptors (Lipinski definition) is 4. The number of carbonyl (C=O) groups is 1. The van der Waals surface area contributed by atoms with Crippen LogP contribution in [-0.4, -0.2) is 18.5 Å². The lowest BCUT2D eigenvalue weighted by molar-refractivity contribution is -0.129. The maximum absolute atomic E-state index is 12.6. The van der Waals surface area contributed by atoms with Gasteiger partial charge in [0.1, 0.15) is 5.75 Å². The van der Waals surface area contributed by atoms with Gasteiger partial charge in [-0.2, -0.15) is 8.78 Å². The standard InChI is InChI=1S/C23H15F2NO3/c24-23(25)28-20-9-5-4-8-18(20)14-19-22(27)29-21(26-19)17-12-10-16(11-13-17)15-6-2-1-3-7-15/h1-14,23H/b19-14-. The minimum atomic E-state index is -2.97. The fraction of sp³-hybridized carbons (Fsp3) is 0.0435. The Morgan fingerprint density at radius 1 is 0.828 bits per heavy atom. The third kappa shape index (κ3) is 4.21. The third-order valence-corrected chi connectivity index (χ3v) is 4.29. The molecular weight excluding hydrogens is 376 g/mol. The van der Waals surface area contributed by atoms with Crippen molar-refractivity contribution < 1.29 is 23.0 Å². The summed E-state index contributed by atoms with van der Waals surface area (Å²) in [7, 11) is 0. The van der Waals surface area contributed by atoms with E-state index in [1.807, 2.05) is 54.6 Å². The fourth-order valence-electron chi connectivity index (χ4n) is 2.92. The Hall–Kier alpha value is -3.80. The van der Waals surface area contributed by atoms with Crippen LogP contribution in [0.3, 0.4) is 0 Å². The van der Waals surface area contributed by atoms with E-state index >= 15 is 0 Å². The third-order valence-electron chi connectivity index (χ3n) is 4.29. The highest BCUT2D eigenvalue weighted by molar-refractivity contribution is 6.13. The molecule has 0 saturated carbocycles. The van der Waals surface area contributed by atoms with Crippen molar-refractivity contribution in [2.75, 3.05) is 0 Å². The molecule has 144 valence electrons. The Bertz CT molecular complexity index is 1090. The second-order valence-electron chi connectivity index (χ2n) is 6.20. The number of esters is 1. The van der Waals surface area contributed by atoms with E-state index in [1.54, 1.807) is 18.2 Å². The molecule has 0 atom stereocenters. The number of carbonyl (C=O) groups excluding carboxylic acids is 1. The summed E-state index contributed by atoms with van der Waals surface area (Å²) in [5, 5.41) is 0. The summed E-state index contributed by atoms with van der Waals surface area (Å²) in [5.41, 5.74) is 3.05. The smallest absolute Gasteiger partial charge is 0.387 e. The highest BCUT2D eigenvalue weighted by Gasteiger charge is 2.24. The maximum Gasteiger partial charge on any atom is 0.387 e. The molecule has 0 unspecified atom stereocenters. The van der Waals surface area contributed by atoms with Gasteiger partial charge in [0.05, 0.1) is 0 Å². The molecule has 0 aromatic heterocycles. The SMILES string of the molecule is O=C1OC(c2ccc(-c3ccccc3)cc2)=N/C1=C\c1ccccc1OC(F)F. The van der Waals surface area contributed by atoms with Crippen LogP contribution in [0.5, 0.6) is 5.75 Å². The van der Waals surface area contributed by atoms with Crippen LogP contribution in [0.4, 0.5) is 8.78 Å². The zero-order chi connectivity index (χ0) is 20.2. The largest absolute Gasteiger partial charge is 0.434 e. The number of benzene rings is 3. The van der Waals surface area contributed by atoms with Gasteiger partial charge in [-0.15, -0.1) is 0 Å². The van der Waals surface area contributed by atoms with Crippen LogP contribution in [-0.2, 0) is 9.53 Å². The molecule has 1 aliphatic rings. The van der Waals surface area contributed by atoms with Gasteiger partial charge >= 0.3 is 12.6 Å². The van der Waals surface area contributed by atoms with Gasteiger partial charge in [-0.25, -0.2) is 9.79 Å². The minimum absolute atomic E-state index is 0.0115. The Morgan fingerprint density at radius 3 is 2.17 bits per heavy atom. The zero-order valence-corrected chi connectivity index (χ0v) is 15.1. The van der Waals surface area contributed by atoms with E-state index in [-0.39, 0.29) is 17.3 Å². The van der Waals surface area contributed by atoms with Crippen LogP contribution in [0.2, 0.25) is 0 Å². The van der Waals surface area contributed by atoms with Gasteiger partial charge in [-0.1, -0.05) is 60.7 Å². The summed E-state index contributed by atoms with van der Waals surface area (Å²) < 4.78 is 34.9. The molecule has 1 heterocycles. The Balaban J connectivity index is 1.61. The van der Waals surface area contributed by atoms with Crippen LogP contribution in [0.1, 0.15) is 11.1 Å². The molecule has 6 heteroatoms. The molecular formula is C23H15F2NO3. The van der Waals surface area contributed by atoms with Crippen molar-refractivity contribution in [2.24, 2.45) is 4.99 Å². The van der Waals surface area contributed by atoms with Gasteiger partial charge in [0.15, 0.2) is 5.70 Å². The van der Waals surface area contributed by atoms with Crippen molar-refractivity contribution in [3.8, 4) is 16.9 Å². The van der Waals surface area contributed by atoms with Gasteiger partial charge in [0.2, 0.25) is 5.90 Å². The molecule has 0 aliphatic carbocycles. The average Bonchev–Trinajstić information content (AvgIpc) is 3.10. The van der Waals surface area contributed by atoms with Crippen molar-refractivity contribution in [2.45, 2.75) is 6.61 Å². The zero-order valence-electron chi connectivity index (χ0n) is 15.1. The highest BCUT2D eigenvalue weighted by atomic mass is 19.3. The van der Waals surface area contributed by atoms with Gasteiger partial charge in [-0.3, -0.25) is 0 Å². The van der Waals surface area contributed by atoms with Crippen LogP contribution >= 0.6 is 0 Å². The van der Waals surface area contributed by atoms with Crippen molar-refractivity contribution >= 4 is 17.9 Å². The van der Waals surface area contributed by atoms with Crippen molar-refractivity contribution in [1.82, 2.24) is 0 Å². The number of alkyl halides is 2. The lowest BCUT2D eigenvalue weighted by Gasteiger charge is -2.07. The molecule has 0 fully saturated rings. The molecule has 4 nitrogen and oxygen atoms in total. The first kappa shape index (κ1) is 18.6. The molecule has 0 bridgehead atoms. The number of hydrogen-bond donors (Lipinski definition) is 0. The summed E-state index contributed by atoms with van der Waals surface area (Å²) in [6.07, 6.45) is 1.37. The van der Waals surface area contributed by atoms with Crippen LogP contribution in [0.25, 0.3) is 17.2 Å². The predicted molar refractivity (Wildman–Crippen MR) is 106 cm³/mol. The number of aliphatic imine (C=N–C) groups is 1. The van der Waals surface area contributed by atoms with E-state index in [1.165, 1.54) is 12.1 Å². The van der Waals surface area contributed by atoms with E-state index in [4.69, 9.17) is 4.74 Å². The maximum atomic E-state index is 12.6. The number of halogens is 2. The molecule has 1 aliphatic heterocycles. The topological polar surface area (TPSA) is 47.9 Å². The summed E-state index contributed by atoms with van der Waals surface area (Å²) in [4.78, 5) is 16.4. The number of nitrogens with zero attached hydrogens (tertiary/aromatic N) is 1. The lowest BCUT2D eigenvalue weighted by atomic mass is 10.0. The van der Waals surface area contributed by atoms with Crippen molar-refractivity contribution in [3.05, 3.63) is 95.7 Å². The summed E-state index contributed by atoms with van der Waals surface area (Å²) in [6.45, 7) is -2.97. The van der Waals surface area contributed by atoms with E-state index in [9.17, 15) is 13.6 Å². The molecule has 0 amide bonds. The van der Waals surface area contributed by atoms with E-state index in [0.717, 1.165) is 11.1 Å². The Kier molecular flexibility index (Phi) is 5.16. The first-order chi connectivity index (χ1) is 14.1. The van der Waals surface area contributed by atoms with Gasteiger partial charge in [-0.05, 0) is 35.4 Å². The second kappa shape index (κ2) is 8.06. The second-order valence-corrected chi connectivity index (χ2v) is 6.20. The quantitative estimate of drug-likeness (QED) is 0.438. The first-order valence-corrected chi connectivity index (χ1v) is 8.82. The molecule has 3 aromatic carbocycles. The molecule has 4 rings (SSSR count). The molecule has 29 heavy (non-hydrogen) atoms. The van der Waals surface area contributed by atoms with E-state index < -0.39 is 12.6 Å². The Labute approximate surface area is 165 Å². The van der Waals surface area contributed by atoms with Crippen molar-refractivity contribution in [1.29, 1.82) is 0 Å². The first-order valence-electron chi connectivity index (χ1n) is 8.82. The summed E-state index contributed by atoms with van der Waals surface area (Å²) in [5.74, 6) is -0.536. The van der Waals surface area contributed by atoms with Gasteiger partial charge in [0.25, 0.3) is 0 Å². The normalized spacial score (nSPS) is 14.8. The molecule has 0 saturated heterocycles. The number of para-hydroxylation sites is 1. The molecule has 0 spiro atoms. The summed E-state index contributed by atoms with van der Waals surface area (Å²) in [6, 6.07) is 23.5. The van der Waals surface area contributed by atoms with Crippen LogP contribution in [0, 0.1) is 0 Å². The van der Waals surface area contributed by atoms with Crippen LogP contribution in [0.15, 0.2) is 89.6 Å². The number of rotatable bonds is 5. The van der Waals surface area contributed by atoms with Gasteiger partial charge < -0.3 is 9.47 Å². The summed E-state index contributed by atoms with van der Waals surface area (Å²) >= 11 is 0. The monoisotopic (exact) mass is 391 g/mol. The highest BCUT2D eigenvalue weighted by Crippen LogP contribution is 2.26. The molecule has 0 N–H and O–H groups in total. The fourth-order valence-corrected chi connectivity index (χ4v) is 2.92. The average molecular weight is 391 g/mol. The Morgan fingerprint density at radius 2 is 1.45 bits per heavy atom. The number of ether oxygens (including phenoxy) is 2. The van der Waals surface area contributed by atoms with E-state index in [2.05, 4.69) is 9.73 Å². The molecule has 0 radical (unpaired) electrons. The predicted octanol–water partition coefficient (Wildman–Crippen LogP) is 5.30. The van der Waals surface area contributed by atoms with E-state index in [0.29, 0.717) is 11.1 Å². The molecule has 3 aromatic rings. The van der Waals surface area contributed by atoms with Crippen molar-refractivity contribution in [3.63, 3.8) is 0 Å². The number of cyclic esters (lactones) is 1. The van der Waals surface area contributed by atoms with Gasteiger partial charge in [0, 0.05) is 11.1 Å².